The number of pyridine rings is 1. The molecule has 1 fully saturated rings. The molecule has 0 saturated heterocycles. The van der Waals surface area contributed by atoms with Crippen molar-refractivity contribution < 1.29 is 4.79 Å². The van der Waals surface area contributed by atoms with Gasteiger partial charge in [-0.15, -0.1) is 0 Å². The van der Waals surface area contributed by atoms with E-state index in [0.717, 1.165) is 12.8 Å². The lowest BCUT2D eigenvalue weighted by molar-refractivity contribution is 0.0730. The zero-order valence-electron chi connectivity index (χ0n) is 12.5. The van der Waals surface area contributed by atoms with Gasteiger partial charge in [0.2, 0.25) is 0 Å². The molecular formula is C17H16N4OS. The van der Waals surface area contributed by atoms with Crippen LogP contribution in [-0.4, -0.2) is 31.4 Å². The van der Waals surface area contributed by atoms with Gasteiger partial charge in [0, 0.05) is 36.7 Å². The van der Waals surface area contributed by atoms with Gasteiger partial charge in [0.05, 0.1) is 0 Å². The van der Waals surface area contributed by atoms with E-state index >= 15 is 0 Å². The van der Waals surface area contributed by atoms with Crippen LogP contribution in [0.3, 0.4) is 0 Å². The Morgan fingerprint density at radius 2 is 2.26 bits per heavy atom. The molecule has 0 N–H and O–H groups in total. The minimum absolute atomic E-state index is 0.0717. The van der Waals surface area contributed by atoms with Crippen LogP contribution in [0, 0.1) is 0 Å². The number of hydrogen-bond acceptors (Lipinski definition) is 4. The van der Waals surface area contributed by atoms with Gasteiger partial charge in [-0.1, -0.05) is 0 Å². The summed E-state index contributed by atoms with van der Waals surface area (Å²) in [5.41, 5.74) is 1.87. The Hall–Kier alpha value is -2.47. The zero-order valence-corrected chi connectivity index (χ0v) is 13.3. The number of rotatable bonds is 5. The van der Waals surface area contributed by atoms with Crippen LogP contribution < -0.4 is 0 Å². The lowest BCUT2D eigenvalue weighted by Gasteiger charge is -2.22. The van der Waals surface area contributed by atoms with Crippen LogP contribution in [0.4, 0.5) is 0 Å². The zero-order chi connectivity index (χ0) is 15.6. The molecule has 0 radical (unpaired) electrons. The molecule has 1 aliphatic carbocycles. The normalized spacial score (nSPS) is 13.9. The fourth-order valence-corrected chi connectivity index (χ4v) is 3.25. The lowest BCUT2D eigenvalue weighted by atomic mass is 10.2. The molecule has 5 nitrogen and oxygen atoms in total. The maximum atomic E-state index is 13.0. The number of thiophene rings is 1. The summed E-state index contributed by atoms with van der Waals surface area (Å²) in [6, 6.07) is 6.06. The first-order valence-corrected chi connectivity index (χ1v) is 8.52. The molecule has 23 heavy (non-hydrogen) atoms. The van der Waals surface area contributed by atoms with Crippen molar-refractivity contribution in [2.45, 2.75) is 25.4 Å². The van der Waals surface area contributed by atoms with Crippen molar-refractivity contribution >= 4 is 17.2 Å². The Bertz CT molecular complexity index is 794. The molecule has 1 amide bonds. The summed E-state index contributed by atoms with van der Waals surface area (Å²) < 4.78 is 1.80. The molecule has 1 aliphatic rings. The third kappa shape index (κ3) is 3.03. The van der Waals surface area contributed by atoms with E-state index in [4.69, 9.17) is 0 Å². The van der Waals surface area contributed by atoms with Crippen molar-refractivity contribution in [3.8, 4) is 5.82 Å². The molecule has 0 atom stereocenters. The van der Waals surface area contributed by atoms with Gasteiger partial charge in [-0.2, -0.15) is 11.3 Å². The molecule has 0 unspecified atom stereocenters. The second-order valence-corrected chi connectivity index (χ2v) is 6.45. The van der Waals surface area contributed by atoms with E-state index in [0.29, 0.717) is 24.0 Å². The summed E-state index contributed by atoms with van der Waals surface area (Å²) in [4.78, 5) is 23.3. The molecule has 0 aliphatic heterocycles. The van der Waals surface area contributed by atoms with Crippen molar-refractivity contribution in [2.24, 2.45) is 0 Å². The highest BCUT2D eigenvalue weighted by molar-refractivity contribution is 7.07. The van der Waals surface area contributed by atoms with E-state index in [1.807, 2.05) is 17.2 Å². The van der Waals surface area contributed by atoms with E-state index in [9.17, 15) is 4.79 Å². The summed E-state index contributed by atoms with van der Waals surface area (Å²) in [5.74, 6) is 0.780. The van der Waals surface area contributed by atoms with E-state index in [2.05, 4.69) is 26.8 Å². The van der Waals surface area contributed by atoms with Crippen LogP contribution in [0.1, 0.15) is 28.8 Å². The molecular weight excluding hydrogens is 308 g/mol. The Balaban J connectivity index is 1.60. The highest BCUT2D eigenvalue weighted by Gasteiger charge is 2.33. The minimum atomic E-state index is 0.0717. The topological polar surface area (TPSA) is 51.0 Å². The summed E-state index contributed by atoms with van der Waals surface area (Å²) in [5, 5.41) is 4.15. The Morgan fingerprint density at radius 1 is 1.35 bits per heavy atom. The van der Waals surface area contributed by atoms with Gasteiger partial charge in [0.1, 0.15) is 12.1 Å². The van der Waals surface area contributed by atoms with Crippen molar-refractivity contribution in [2.75, 3.05) is 0 Å². The summed E-state index contributed by atoms with van der Waals surface area (Å²) in [7, 11) is 0. The number of imidazole rings is 1. The predicted molar refractivity (Wildman–Crippen MR) is 88.6 cm³/mol. The number of carbonyl (C=O) groups excluding carboxylic acids is 1. The predicted octanol–water partition coefficient (Wildman–Crippen LogP) is 3.13. The van der Waals surface area contributed by atoms with Crippen LogP contribution in [-0.2, 0) is 6.54 Å². The molecule has 3 aromatic heterocycles. The molecule has 0 spiro atoms. The monoisotopic (exact) mass is 324 g/mol. The first-order valence-electron chi connectivity index (χ1n) is 7.58. The van der Waals surface area contributed by atoms with Crippen LogP contribution in [0.2, 0.25) is 0 Å². The van der Waals surface area contributed by atoms with Gasteiger partial charge in [0.15, 0.2) is 0 Å². The van der Waals surface area contributed by atoms with Gasteiger partial charge in [0.25, 0.3) is 5.91 Å². The molecule has 4 rings (SSSR count). The van der Waals surface area contributed by atoms with Crippen LogP contribution in [0.5, 0.6) is 0 Å². The maximum Gasteiger partial charge on any atom is 0.254 e. The molecule has 6 heteroatoms. The smallest absolute Gasteiger partial charge is 0.254 e. The number of hydrogen-bond donors (Lipinski definition) is 0. The van der Waals surface area contributed by atoms with Gasteiger partial charge in [-0.3, -0.25) is 9.36 Å². The quantitative estimate of drug-likeness (QED) is 0.724. The Morgan fingerprint density at radius 3 is 2.96 bits per heavy atom. The second-order valence-electron chi connectivity index (χ2n) is 5.67. The average Bonchev–Trinajstić information content (AvgIpc) is 3.05. The van der Waals surface area contributed by atoms with Crippen LogP contribution >= 0.6 is 11.3 Å². The maximum absolute atomic E-state index is 13.0. The molecule has 3 heterocycles. The number of carbonyl (C=O) groups is 1. The Kier molecular flexibility index (Phi) is 3.67. The Labute approximate surface area is 138 Å². The van der Waals surface area contributed by atoms with Crippen molar-refractivity contribution in [3.63, 3.8) is 0 Å². The second kappa shape index (κ2) is 5.96. The molecule has 0 aromatic carbocycles. The van der Waals surface area contributed by atoms with E-state index in [-0.39, 0.29) is 5.91 Å². The molecule has 3 aromatic rings. The van der Waals surface area contributed by atoms with E-state index in [1.54, 1.807) is 40.7 Å². The summed E-state index contributed by atoms with van der Waals surface area (Å²) in [6.07, 6.45) is 9.06. The molecule has 1 saturated carbocycles. The van der Waals surface area contributed by atoms with Crippen molar-refractivity contribution in [1.29, 1.82) is 0 Å². The number of amides is 1. The van der Waals surface area contributed by atoms with Gasteiger partial charge in [-0.05, 0) is 47.4 Å². The standard InChI is InChI=1S/C17H16N4OS/c22-17(21(15-1-2-15)10-13-4-8-23-11-13)14-3-5-19-16(9-14)20-7-6-18-12-20/h3-9,11-12,15H,1-2,10H2. The SMILES string of the molecule is O=C(c1ccnc(-n2ccnc2)c1)N(Cc1ccsc1)C1CC1. The first-order chi connectivity index (χ1) is 11.3. The van der Waals surface area contributed by atoms with Gasteiger partial charge in [-0.25, -0.2) is 9.97 Å². The first kappa shape index (κ1) is 14.1. The van der Waals surface area contributed by atoms with Crippen molar-refractivity contribution in [3.05, 3.63) is 65.0 Å². The third-order valence-corrected chi connectivity index (χ3v) is 4.67. The molecule has 116 valence electrons. The van der Waals surface area contributed by atoms with Crippen LogP contribution in [0.15, 0.2) is 53.9 Å². The minimum Gasteiger partial charge on any atom is -0.331 e. The fourth-order valence-electron chi connectivity index (χ4n) is 2.59. The average molecular weight is 324 g/mol. The fraction of sp³-hybridized carbons (Fsp3) is 0.235. The largest absolute Gasteiger partial charge is 0.331 e. The van der Waals surface area contributed by atoms with Gasteiger partial charge < -0.3 is 4.90 Å². The number of aromatic nitrogens is 3. The molecule has 0 bridgehead atoms. The third-order valence-electron chi connectivity index (χ3n) is 3.94. The summed E-state index contributed by atoms with van der Waals surface area (Å²) in [6.45, 7) is 0.676. The summed E-state index contributed by atoms with van der Waals surface area (Å²) >= 11 is 1.66. The van der Waals surface area contributed by atoms with Crippen molar-refractivity contribution in [1.82, 2.24) is 19.4 Å². The highest BCUT2D eigenvalue weighted by atomic mass is 32.1. The van der Waals surface area contributed by atoms with E-state index in [1.165, 1.54) is 5.56 Å². The van der Waals surface area contributed by atoms with Crippen LogP contribution in [0.25, 0.3) is 5.82 Å². The number of nitrogens with zero attached hydrogens (tertiary/aromatic N) is 4. The highest BCUT2D eigenvalue weighted by Crippen LogP contribution is 2.30. The van der Waals surface area contributed by atoms with Gasteiger partial charge >= 0.3 is 0 Å². The lowest BCUT2D eigenvalue weighted by Crippen LogP contribution is -2.32. The van der Waals surface area contributed by atoms with E-state index < -0.39 is 0 Å².